The molecule has 2 fully saturated rings. The van der Waals surface area contributed by atoms with Crippen LogP contribution in [0, 0.1) is 0 Å². The third-order valence-electron chi connectivity index (χ3n) is 4.69. The van der Waals surface area contributed by atoms with Crippen LogP contribution in [0.25, 0.3) is 6.08 Å². The first kappa shape index (κ1) is 20.6. The maximum atomic E-state index is 12.1. The molecule has 0 atom stereocenters. The average molecular weight is 392 g/mol. The predicted molar refractivity (Wildman–Crippen MR) is 117 cm³/mol. The number of benzene rings is 1. The van der Waals surface area contributed by atoms with E-state index in [-0.39, 0.29) is 6.03 Å². The Labute approximate surface area is 173 Å². The molecule has 2 heterocycles. The van der Waals surface area contributed by atoms with Crippen molar-refractivity contribution in [1.82, 2.24) is 15.2 Å². The maximum Gasteiger partial charge on any atom is 0.317 e. The van der Waals surface area contributed by atoms with Crippen molar-refractivity contribution >= 4 is 12.1 Å². The first-order valence-electron chi connectivity index (χ1n) is 10.2. The standard InChI is InChI=1S/C21H23N3O2.C3H6/c25-21(23-18-7-8-18)24-12-9-16(10-13-24)14-17-4-3-5-19(15-17)26-20-6-1-2-11-22-20;1-3-2/h1-6,11,14-15,18H,7-10,12-13H2,(H,23,25);3H,1H2,2H3. The molecule has 1 saturated carbocycles. The molecule has 1 aliphatic carbocycles. The van der Waals surface area contributed by atoms with E-state index in [1.165, 1.54) is 5.57 Å². The van der Waals surface area contributed by atoms with Gasteiger partial charge in [-0.3, -0.25) is 0 Å². The van der Waals surface area contributed by atoms with Crippen molar-refractivity contribution in [3.05, 3.63) is 72.5 Å². The summed E-state index contributed by atoms with van der Waals surface area (Å²) in [7, 11) is 0. The summed E-state index contributed by atoms with van der Waals surface area (Å²) in [6.45, 7) is 6.82. The molecular formula is C24H29N3O2. The minimum absolute atomic E-state index is 0.0947. The zero-order chi connectivity index (χ0) is 20.5. The number of rotatable bonds is 4. The largest absolute Gasteiger partial charge is 0.439 e. The molecule has 1 aromatic carbocycles. The van der Waals surface area contributed by atoms with Gasteiger partial charge in [0.2, 0.25) is 5.88 Å². The van der Waals surface area contributed by atoms with Crippen LogP contribution in [0.5, 0.6) is 11.6 Å². The Kier molecular flexibility index (Phi) is 7.45. The van der Waals surface area contributed by atoms with Crippen LogP contribution in [0.2, 0.25) is 0 Å². The molecule has 0 radical (unpaired) electrons. The lowest BCUT2D eigenvalue weighted by atomic mass is 10.0. The van der Waals surface area contributed by atoms with Gasteiger partial charge in [0.15, 0.2) is 0 Å². The van der Waals surface area contributed by atoms with Gasteiger partial charge in [-0.25, -0.2) is 9.78 Å². The highest BCUT2D eigenvalue weighted by molar-refractivity contribution is 5.75. The molecular weight excluding hydrogens is 362 g/mol. The van der Waals surface area contributed by atoms with Crippen molar-refractivity contribution in [1.29, 1.82) is 0 Å². The summed E-state index contributed by atoms with van der Waals surface area (Å²) in [6.07, 6.45) is 9.77. The molecule has 4 rings (SSSR count). The quantitative estimate of drug-likeness (QED) is 0.708. The Morgan fingerprint density at radius 3 is 2.62 bits per heavy atom. The highest BCUT2D eigenvalue weighted by Gasteiger charge is 2.27. The van der Waals surface area contributed by atoms with Crippen LogP contribution < -0.4 is 10.1 Å². The number of nitrogens with one attached hydrogen (secondary N) is 1. The monoisotopic (exact) mass is 391 g/mol. The lowest BCUT2D eigenvalue weighted by Gasteiger charge is -2.28. The van der Waals surface area contributed by atoms with Gasteiger partial charge in [0.05, 0.1) is 0 Å². The van der Waals surface area contributed by atoms with E-state index in [9.17, 15) is 4.79 Å². The fraction of sp³-hybridized carbons (Fsp3) is 0.333. The number of likely N-dealkylation sites (tertiary alicyclic amines) is 1. The third kappa shape index (κ3) is 6.79. The molecule has 0 unspecified atom stereocenters. The number of hydrogen-bond acceptors (Lipinski definition) is 3. The SMILES string of the molecule is C=CC.O=C(NC1CC1)N1CCC(=Cc2cccc(Oc3ccccn3)c2)CC1. The number of amides is 2. The molecule has 5 heteroatoms. The Bertz CT molecular complexity index is 834. The molecule has 2 aliphatic rings. The van der Waals surface area contributed by atoms with Gasteiger partial charge in [0.25, 0.3) is 0 Å². The number of carbonyl (C=O) groups excluding carboxylic acids is 1. The number of carbonyl (C=O) groups is 1. The van der Waals surface area contributed by atoms with Crippen molar-refractivity contribution in [3.63, 3.8) is 0 Å². The van der Waals surface area contributed by atoms with Crippen molar-refractivity contribution in [3.8, 4) is 11.6 Å². The second kappa shape index (κ2) is 10.5. The lowest BCUT2D eigenvalue weighted by Crippen LogP contribution is -2.43. The molecule has 0 spiro atoms. The minimum Gasteiger partial charge on any atom is -0.439 e. The normalized spacial score (nSPS) is 15.6. The van der Waals surface area contributed by atoms with Gasteiger partial charge in [-0.05, 0) is 56.4 Å². The molecule has 5 nitrogen and oxygen atoms in total. The minimum atomic E-state index is 0.0947. The van der Waals surface area contributed by atoms with Crippen molar-refractivity contribution < 1.29 is 9.53 Å². The van der Waals surface area contributed by atoms with Gasteiger partial charge >= 0.3 is 6.03 Å². The average Bonchev–Trinajstić information content (AvgIpc) is 3.54. The zero-order valence-corrected chi connectivity index (χ0v) is 17.0. The van der Waals surface area contributed by atoms with Crippen LogP contribution in [0.1, 0.15) is 38.2 Å². The van der Waals surface area contributed by atoms with Crippen molar-refractivity contribution in [2.24, 2.45) is 0 Å². The molecule has 0 bridgehead atoms. The molecule has 1 saturated heterocycles. The maximum absolute atomic E-state index is 12.1. The Morgan fingerprint density at radius 2 is 1.97 bits per heavy atom. The number of urea groups is 1. The van der Waals surface area contributed by atoms with E-state index in [0.29, 0.717) is 11.9 Å². The van der Waals surface area contributed by atoms with Gasteiger partial charge in [0.1, 0.15) is 5.75 Å². The fourth-order valence-electron chi connectivity index (χ4n) is 3.07. The van der Waals surface area contributed by atoms with Crippen LogP contribution >= 0.6 is 0 Å². The molecule has 2 amide bonds. The van der Waals surface area contributed by atoms with E-state index < -0.39 is 0 Å². The molecule has 2 aromatic rings. The van der Waals surface area contributed by atoms with Crippen LogP contribution in [-0.2, 0) is 0 Å². The lowest BCUT2D eigenvalue weighted by molar-refractivity contribution is 0.193. The number of aromatic nitrogens is 1. The summed E-state index contributed by atoms with van der Waals surface area (Å²) in [6, 6.07) is 14.1. The molecule has 152 valence electrons. The number of piperidine rings is 1. The smallest absolute Gasteiger partial charge is 0.317 e. The van der Waals surface area contributed by atoms with E-state index in [0.717, 1.165) is 50.1 Å². The molecule has 1 N–H and O–H groups in total. The van der Waals surface area contributed by atoms with Crippen LogP contribution in [0.15, 0.2) is 66.9 Å². The summed E-state index contributed by atoms with van der Waals surface area (Å²) in [5.41, 5.74) is 2.49. The summed E-state index contributed by atoms with van der Waals surface area (Å²) in [4.78, 5) is 18.2. The molecule has 1 aliphatic heterocycles. The van der Waals surface area contributed by atoms with Gasteiger partial charge in [-0.15, -0.1) is 6.58 Å². The van der Waals surface area contributed by atoms with Gasteiger partial charge in [-0.2, -0.15) is 0 Å². The number of hydrogen-bond donors (Lipinski definition) is 1. The second-order valence-corrected chi connectivity index (χ2v) is 7.26. The van der Waals surface area contributed by atoms with Crippen molar-refractivity contribution in [2.75, 3.05) is 13.1 Å². The van der Waals surface area contributed by atoms with Crippen LogP contribution in [0.3, 0.4) is 0 Å². The highest BCUT2D eigenvalue weighted by atomic mass is 16.5. The van der Waals surface area contributed by atoms with E-state index in [1.54, 1.807) is 12.3 Å². The number of ether oxygens (including phenoxy) is 1. The van der Waals surface area contributed by atoms with E-state index >= 15 is 0 Å². The molecule has 1 aromatic heterocycles. The highest BCUT2D eigenvalue weighted by Crippen LogP contribution is 2.25. The first-order valence-corrected chi connectivity index (χ1v) is 10.2. The summed E-state index contributed by atoms with van der Waals surface area (Å²) in [5.74, 6) is 1.37. The summed E-state index contributed by atoms with van der Waals surface area (Å²) >= 11 is 0. The second-order valence-electron chi connectivity index (χ2n) is 7.26. The van der Waals surface area contributed by atoms with Gasteiger partial charge < -0.3 is 15.0 Å². The topological polar surface area (TPSA) is 54.5 Å². The Balaban J connectivity index is 0.000000755. The third-order valence-corrected chi connectivity index (χ3v) is 4.69. The van der Waals surface area contributed by atoms with Crippen LogP contribution in [0.4, 0.5) is 4.79 Å². The summed E-state index contributed by atoms with van der Waals surface area (Å²) in [5, 5.41) is 3.06. The zero-order valence-electron chi connectivity index (χ0n) is 17.0. The fourth-order valence-corrected chi connectivity index (χ4v) is 3.07. The number of allylic oxidation sites excluding steroid dienone is 1. The Morgan fingerprint density at radius 1 is 1.21 bits per heavy atom. The van der Waals surface area contributed by atoms with Gasteiger partial charge in [0, 0.05) is 31.4 Å². The van der Waals surface area contributed by atoms with Gasteiger partial charge in [-0.1, -0.05) is 35.9 Å². The molecule has 29 heavy (non-hydrogen) atoms. The Hall–Kier alpha value is -3.08. The summed E-state index contributed by atoms with van der Waals surface area (Å²) < 4.78 is 5.80. The number of pyridine rings is 1. The van der Waals surface area contributed by atoms with E-state index in [2.05, 4.69) is 29.0 Å². The first-order chi connectivity index (χ1) is 14.2. The van der Waals surface area contributed by atoms with Crippen molar-refractivity contribution in [2.45, 2.75) is 38.6 Å². The number of nitrogens with zero attached hydrogens (tertiary/aromatic N) is 2. The van der Waals surface area contributed by atoms with E-state index in [1.807, 2.05) is 48.2 Å². The van der Waals surface area contributed by atoms with Crippen LogP contribution in [-0.4, -0.2) is 35.0 Å². The predicted octanol–water partition coefficient (Wildman–Crippen LogP) is 5.42. The van der Waals surface area contributed by atoms with E-state index in [4.69, 9.17) is 4.74 Å².